The van der Waals surface area contributed by atoms with E-state index in [-0.39, 0.29) is 0 Å². The Hall–Kier alpha value is -2.53. The Bertz CT molecular complexity index is 817. The molecule has 3 rings (SSSR count). The average Bonchev–Trinajstić information content (AvgIpc) is 2.72. The first-order valence-corrected chi connectivity index (χ1v) is 10.1. The first-order chi connectivity index (χ1) is 13.5. The van der Waals surface area contributed by atoms with Gasteiger partial charge < -0.3 is 10.6 Å². The second-order valence-electron chi connectivity index (χ2n) is 7.77. The van der Waals surface area contributed by atoms with Crippen molar-refractivity contribution in [3.8, 4) is 0 Å². The van der Waals surface area contributed by atoms with Crippen molar-refractivity contribution in [3.63, 3.8) is 0 Å². The van der Waals surface area contributed by atoms with E-state index < -0.39 is 0 Å². The molecule has 0 radical (unpaired) electrons. The van der Waals surface area contributed by atoms with Crippen LogP contribution >= 0.6 is 0 Å². The lowest BCUT2D eigenvalue weighted by Gasteiger charge is -2.24. The Morgan fingerprint density at radius 2 is 2.00 bits per heavy atom. The van der Waals surface area contributed by atoms with Gasteiger partial charge in [-0.25, -0.2) is 9.98 Å². The zero-order valence-electron chi connectivity index (χ0n) is 17.2. The molecule has 2 N–H and O–H groups in total. The van der Waals surface area contributed by atoms with Crippen molar-refractivity contribution in [3.05, 3.63) is 65.8 Å². The number of benzene rings is 1. The molecule has 1 fully saturated rings. The highest BCUT2D eigenvalue weighted by Gasteiger charge is 2.16. The number of nitrogens with one attached hydrogen (secondary N) is 2. The van der Waals surface area contributed by atoms with Gasteiger partial charge >= 0.3 is 0 Å². The van der Waals surface area contributed by atoms with Crippen LogP contribution in [-0.4, -0.2) is 35.4 Å². The number of rotatable bonds is 6. The molecule has 1 aromatic carbocycles. The summed E-state index contributed by atoms with van der Waals surface area (Å²) in [5, 5.41) is 6.99. The number of hydrogen-bond donors (Lipinski definition) is 2. The molecule has 5 nitrogen and oxygen atoms in total. The lowest BCUT2D eigenvalue weighted by Crippen LogP contribution is -2.38. The lowest BCUT2D eigenvalue weighted by molar-refractivity contribution is 0.376. The monoisotopic (exact) mass is 377 g/mol. The Labute approximate surface area is 168 Å². The highest BCUT2D eigenvalue weighted by molar-refractivity contribution is 6.00. The Morgan fingerprint density at radius 3 is 2.64 bits per heavy atom. The van der Waals surface area contributed by atoms with Crippen LogP contribution in [0.2, 0.25) is 0 Å². The van der Waals surface area contributed by atoms with Crippen molar-refractivity contribution in [1.82, 2.24) is 20.6 Å². The van der Waals surface area contributed by atoms with Crippen molar-refractivity contribution in [2.75, 3.05) is 19.6 Å². The van der Waals surface area contributed by atoms with E-state index in [1.54, 1.807) is 12.4 Å². The predicted molar refractivity (Wildman–Crippen MR) is 116 cm³/mol. The van der Waals surface area contributed by atoms with Crippen LogP contribution in [0.3, 0.4) is 0 Å². The summed E-state index contributed by atoms with van der Waals surface area (Å²) in [7, 11) is 0. The highest BCUT2D eigenvalue weighted by atomic mass is 15.0. The van der Waals surface area contributed by atoms with Crippen LogP contribution in [0.5, 0.6) is 0 Å². The smallest absolute Gasteiger partial charge is 0.154 e. The van der Waals surface area contributed by atoms with Gasteiger partial charge in [0.2, 0.25) is 0 Å². The molecule has 0 amide bonds. The Morgan fingerprint density at radius 1 is 1.25 bits per heavy atom. The minimum Gasteiger partial charge on any atom is -0.368 e. The number of nitrogens with zero attached hydrogens (tertiary/aromatic N) is 3. The standard InChI is InChI=1S/C23H31N5/c1-16(2)20-7-9-21(10-8-20)17(3)28-23(22-18(4)25-12-13-26-22)27-15-19-6-5-11-24-14-19/h7-10,12-13,16,19,24H,3,5-6,11,14-15H2,1-2,4H3,(H,27,28). The third-order valence-corrected chi connectivity index (χ3v) is 5.22. The molecule has 0 bridgehead atoms. The van der Waals surface area contributed by atoms with Gasteiger partial charge in [-0.3, -0.25) is 4.98 Å². The van der Waals surface area contributed by atoms with E-state index in [0.717, 1.165) is 48.1 Å². The summed E-state index contributed by atoms with van der Waals surface area (Å²) in [6.07, 6.45) is 5.87. The van der Waals surface area contributed by atoms with Crippen LogP contribution in [0.25, 0.3) is 5.70 Å². The van der Waals surface area contributed by atoms with Gasteiger partial charge in [-0.15, -0.1) is 0 Å². The van der Waals surface area contributed by atoms with Gasteiger partial charge in [0.05, 0.1) is 11.4 Å². The van der Waals surface area contributed by atoms with Crippen molar-refractivity contribution in [2.24, 2.45) is 10.9 Å². The highest BCUT2D eigenvalue weighted by Crippen LogP contribution is 2.20. The molecule has 5 heteroatoms. The predicted octanol–water partition coefficient (Wildman–Crippen LogP) is 3.92. The molecule has 2 heterocycles. The van der Waals surface area contributed by atoms with Gasteiger partial charge in [-0.2, -0.15) is 0 Å². The van der Waals surface area contributed by atoms with Gasteiger partial charge in [0.25, 0.3) is 0 Å². The molecule has 1 unspecified atom stereocenters. The van der Waals surface area contributed by atoms with Crippen LogP contribution < -0.4 is 10.6 Å². The van der Waals surface area contributed by atoms with Crippen molar-refractivity contribution in [2.45, 2.75) is 39.5 Å². The number of aliphatic imine (C=N–C) groups is 1. The van der Waals surface area contributed by atoms with E-state index >= 15 is 0 Å². The molecular weight excluding hydrogens is 346 g/mol. The molecule has 2 aromatic rings. The summed E-state index contributed by atoms with van der Waals surface area (Å²) in [5.41, 5.74) is 4.70. The van der Waals surface area contributed by atoms with Crippen molar-refractivity contribution in [1.29, 1.82) is 0 Å². The zero-order valence-corrected chi connectivity index (χ0v) is 17.2. The fourth-order valence-corrected chi connectivity index (χ4v) is 3.42. The zero-order chi connectivity index (χ0) is 19.9. The maximum absolute atomic E-state index is 4.82. The first-order valence-electron chi connectivity index (χ1n) is 10.1. The third-order valence-electron chi connectivity index (χ3n) is 5.22. The molecule has 28 heavy (non-hydrogen) atoms. The molecule has 0 spiro atoms. The SMILES string of the molecule is C=C(/N=C(/NCC1CCCNC1)c1nccnc1C)c1ccc(C(C)C)cc1. The van der Waals surface area contributed by atoms with Gasteiger partial charge in [-0.1, -0.05) is 44.7 Å². The van der Waals surface area contributed by atoms with E-state index in [2.05, 4.69) is 65.3 Å². The quantitative estimate of drug-likeness (QED) is 0.592. The number of aromatic nitrogens is 2. The number of amidine groups is 1. The van der Waals surface area contributed by atoms with E-state index in [0.29, 0.717) is 11.8 Å². The van der Waals surface area contributed by atoms with Crippen LogP contribution in [0.1, 0.15) is 55.1 Å². The lowest BCUT2D eigenvalue weighted by atomic mass is 9.99. The van der Waals surface area contributed by atoms with Crippen molar-refractivity contribution < 1.29 is 0 Å². The Balaban J connectivity index is 1.82. The summed E-state index contributed by atoms with van der Waals surface area (Å²) in [4.78, 5) is 13.7. The van der Waals surface area contributed by atoms with Gasteiger partial charge in [-0.05, 0) is 55.8 Å². The third kappa shape index (κ3) is 5.26. The molecule has 148 valence electrons. The van der Waals surface area contributed by atoms with Crippen LogP contribution in [0, 0.1) is 12.8 Å². The molecule has 1 aliphatic heterocycles. The second kappa shape index (κ2) is 9.60. The van der Waals surface area contributed by atoms with Crippen LogP contribution in [0.15, 0.2) is 48.2 Å². The maximum Gasteiger partial charge on any atom is 0.154 e. The van der Waals surface area contributed by atoms with Crippen LogP contribution in [-0.2, 0) is 0 Å². The minimum atomic E-state index is 0.509. The number of aryl methyl sites for hydroxylation is 1. The van der Waals surface area contributed by atoms with Gasteiger partial charge in [0, 0.05) is 18.9 Å². The largest absolute Gasteiger partial charge is 0.368 e. The summed E-state index contributed by atoms with van der Waals surface area (Å²) in [5.74, 6) is 1.85. The van der Waals surface area contributed by atoms with E-state index in [1.165, 1.54) is 18.4 Å². The molecule has 1 saturated heterocycles. The maximum atomic E-state index is 4.82. The van der Waals surface area contributed by atoms with Crippen molar-refractivity contribution >= 4 is 11.5 Å². The number of piperidine rings is 1. The molecule has 0 aliphatic carbocycles. The van der Waals surface area contributed by atoms with Gasteiger partial charge in [0.1, 0.15) is 5.69 Å². The fourth-order valence-electron chi connectivity index (χ4n) is 3.42. The molecular formula is C23H31N5. The Kier molecular flexibility index (Phi) is 6.93. The molecule has 1 atom stereocenters. The van der Waals surface area contributed by atoms with Gasteiger partial charge in [0.15, 0.2) is 5.84 Å². The molecule has 1 aromatic heterocycles. The summed E-state index contributed by atoms with van der Waals surface area (Å²) in [6.45, 7) is 13.6. The molecule has 0 saturated carbocycles. The summed E-state index contributed by atoms with van der Waals surface area (Å²) >= 11 is 0. The normalized spacial score (nSPS) is 17.6. The fraction of sp³-hybridized carbons (Fsp3) is 0.435. The second-order valence-corrected chi connectivity index (χ2v) is 7.77. The summed E-state index contributed by atoms with van der Waals surface area (Å²) in [6, 6.07) is 8.48. The molecule has 1 aliphatic rings. The first kappa shape index (κ1) is 20.2. The van der Waals surface area contributed by atoms with E-state index in [9.17, 15) is 0 Å². The number of hydrogen-bond acceptors (Lipinski definition) is 4. The topological polar surface area (TPSA) is 62.2 Å². The average molecular weight is 378 g/mol. The minimum absolute atomic E-state index is 0.509. The van der Waals surface area contributed by atoms with Crippen LogP contribution in [0.4, 0.5) is 0 Å². The van der Waals surface area contributed by atoms with E-state index in [1.807, 2.05) is 6.92 Å². The van der Waals surface area contributed by atoms with E-state index in [4.69, 9.17) is 4.99 Å². The summed E-state index contributed by atoms with van der Waals surface area (Å²) < 4.78 is 0.